The lowest BCUT2D eigenvalue weighted by molar-refractivity contribution is -0.124. The monoisotopic (exact) mass is 392 g/mol. The standard InChI is InChI=1S/C23H28N4O2/c28-22(26-20-12-6-10-18-9-4-5-11-19(18)20)21-16-27(14-13-24-21)23(29)25-15-17-7-2-1-3-8-17/h1-5,7-9,11,20-21,24H,6,10,12-16H2,(H,25,29)(H,26,28). The minimum Gasteiger partial charge on any atom is -0.348 e. The van der Waals surface area contributed by atoms with Gasteiger partial charge in [-0.25, -0.2) is 4.79 Å². The van der Waals surface area contributed by atoms with Crippen LogP contribution in [0.15, 0.2) is 54.6 Å². The Balaban J connectivity index is 1.32. The quantitative estimate of drug-likeness (QED) is 0.748. The number of aryl methyl sites for hydroxylation is 1. The van der Waals surface area contributed by atoms with Gasteiger partial charge in [0.15, 0.2) is 0 Å². The van der Waals surface area contributed by atoms with Crippen LogP contribution in [0.2, 0.25) is 0 Å². The van der Waals surface area contributed by atoms with Gasteiger partial charge in [0, 0.05) is 26.2 Å². The average Bonchev–Trinajstić information content (AvgIpc) is 2.78. The third-order valence-corrected chi connectivity index (χ3v) is 5.75. The number of piperazine rings is 1. The van der Waals surface area contributed by atoms with Gasteiger partial charge in [-0.3, -0.25) is 4.79 Å². The van der Waals surface area contributed by atoms with Crippen molar-refractivity contribution in [3.8, 4) is 0 Å². The maximum Gasteiger partial charge on any atom is 0.317 e. The molecule has 2 aromatic carbocycles. The Morgan fingerprint density at radius 2 is 1.86 bits per heavy atom. The second-order valence-electron chi connectivity index (χ2n) is 7.75. The third-order valence-electron chi connectivity index (χ3n) is 5.75. The normalized spacial score (nSPS) is 21.2. The lowest BCUT2D eigenvalue weighted by Gasteiger charge is -2.34. The molecule has 29 heavy (non-hydrogen) atoms. The molecule has 4 rings (SSSR count). The van der Waals surface area contributed by atoms with E-state index >= 15 is 0 Å². The molecule has 2 unspecified atom stereocenters. The second kappa shape index (κ2) is 9.09. The molecule has 1 aliphatic carbocycles. The predicted octanol–water partition coefficient (Wildman–Crippen LogP) is 2.36. The third kappa shape index (κ3) is 4.77. The second-order valence-corrected chi connectivity index (χ2v) is 7.75. The van der Waals surface area contributed by atoms with E-state index in [0.29, 0.717) is 26.2 Å². The number of carbonyl (C=O) groups excluding carboxylic acids is 2. The molecule has 1 heterocycles. The highest BCUT2D eigenvalue weighted by molar-refractivity contribution is 5.84. The van der Waals surface area contributed by atoms with Crippen LogP contribution >= 0.6 is 0 Å². The first-order chi connectivity index (χ1) is 14.2. The Kier molecular flexibility index (Phi) is 6.10. The molecular weight excluding hydrogens is 364 g/mol. The smallest absolute Gasteiger partial charge is 0.317 e. The summed E-state index contributed by atoms with van der Waals surface area (Å²) in [5.41, 5.74) is 3.60. The van der Waals surface area contributed by atoms with Gasteiger partial charge in [-0.05, 0) is 36.0 Å². The SMILES string of the molecule is O=C(NC1CCCc2ccccc21)C1CN(C(=O)NCc2ccccc2)CCN1. The van der Waals surface area contributed by atoms with E-state index in [-0.39, 0.29) is 24.0 Å². The molecule has 0 aromatic heterocycles. The molecule has 1 fully saturated rings. The largest absolute Gasteiger partial charge is 0.348 e. The molecule has 2 aromatic rings. The van der Waals surface area contributed by atoms with E-state index in [9.17, 15) is 9.59 Å². The Labute approximate surface area is 171 Å². The zero-order chi connectivity index (χ0) is 20.1. The summed E-state index contributed by atoms with van der Waals surface area (Å²) < 4.78 is 0. The summed E-state index contributed by atoms with van der Waals surface area (Å²) in [5.74, 6) is -0.0349. The first-order valence-electron chi connectivity index (χ1n) is 10.4. The fourth-order valence-electron chi connectivity index (χ4n) is 4.17. The van der Waals surface area contributed by atoms with Crippen molar-refractivity contribution >= 4 is 11.9 Å². The summed E-state index contributed by atoms with van der Waals surface area (Å²) in [7, 11) is 0. The van der Waals surface area contributed by atoms with Crippen molar-refractivity contribution in [3.05, 3.63) is 71.3 Å². The van der Waals surface area contributed by atoms with Crippen LogP contribution in [0.3, 0.4) is 0 Å². The van der Waals surface area contributed by atoms with Gasteiger partial charge in [0.2, 0.25) is 5.91 Å². The van der Waals surface area contributed by atoms with Gasteiger partial charge in [-0.15, -0.1) is 0 Å². The van der Waals surface area contributed by atoms with Crippen LogP contribution in [-0.2, 0) is 17.8 Å². The van der Waals surface area contributed by atoms with Gasteiger partial charge >= 0.3 is 6.03 Å². The number of nitrogens with one attached hydrogen (secondary N) is 3. The van der Waals surface area contributed by atoms with Crippen LogP contribution < -0.4 is 16.0 Å². The Morgan fingerprint density at radius 3 is 2.72 bits per heavy atom. The molecule has 0 radical (unpaired) electrons. The van der Waals surface area contributed by atoms with E-state index in [0.717, 1.165) is 24.8 Å². The van der Waals surface area contributed by atoms with Crippen molar-refractivity contribution in [1.29, 1.82) is 0 Å². The van der Waals surface area contributed by atoms with Crippen molar-refractivity contribution in [3.63, 3.8) is 0 Å². The van der Waals surface area contributed by atoms with Crippen LogP contribution in [0.1, 0.15) is 35.6 Å². The average molecular weight is 393 g/mol. The van der Waals surface area contributed by atoms with Crippen molar-refractivity contribution in [1.82, 2.24) is 20.9 Å². The first kappa shape index (κ1) is 19.5. The van der Waals surface area contributed by atoms with Crippen LogP contribution in [0.5, 0.6) is 0 Å². The highest BCUT2D eigenvalue weighted by Crippen LogP contribution is 2.29. The summed E-state index contributed by atoms with van der Waals surface area (Å²) in [6, 6.07) is 17.7. The fourth-order valence-corrected chi connectivity index (χ4v) is 4.17. The molecule has 0 bridgehead atoms. The number of urea groups is 1. The minimum atomic E-state index is -0.389. The minimum absolute atomic E-state index is 0.0349. The molecule has 6 heteroatoms. The van der Waals surface area contributed by atoms with E-state index in [4.69, 9.17) is 0 Å². The van der Waals surface area contributed by atoms with Crippen molar-refractivity contribution in [2.45, 2.75) is 37.9 Å². The van der Waals surface area contributed by atoms with Gasteiger partial charge in [-0.2, -0.15) is 0 Å². The highest BCUT2D eigenvalue weighted by atomic mass is 16.2. The lowest BCUT2D eigenvalue weighted by Crippen LogP contribution is -2.60. The van der Waals surface area contributed by atoms with E-state index < -0.39 is 0 Å². The number of amides is 3. The van der Waals surface area contributed by atoms with Crippen molar-refractivity contribution in [2.75, 3.05) is 19.6 Å². The number of benzene rings is 2. The van der Waals surface area contributed by atoms with Gasteiger partial charge in [-0.1, -0.05) is 54.6 Å². The molecule has 3 amide bonds. The van der Waals surface area contributed by atoms with Gasteiger partial charge in [0.25, 0.3) is 0 Å². The van der Waals surface area contributed by atoms with Crippen molar-refractivity contribution in [2.24, 2.45) is 0 Å². The van der Waals surface area contributed by atoms with E-state index in [2.05, 4.69) is 34.1 Å². The van der Waals surface area contributed by atoms with Gasteiger partial charge in [0.1, 0.15) is 6.04 Å². The van der Waals surface area contributed by atoms with Crippen molar-refractivity contribution < 1.29 is 9.59 Å². The maximum absolute atomic E-state index is 12.9. The number of nitrogens with zero attached hydrogens (tertiary/aromatic N) is 1. The fraction of sp³-hybridized carbons (Fsp3) is 0.391. The number of carbonyl (C=O) groups is 2. The molecule has 152 valence electrons. The molecule has 0 saturated carbocycles. The molecule has 6 nitrogen and oxygen atoms in total. The topological polar surface area (TPSA) is 73.5 Å². The van der Waals surface area contributed by atoms with E-state index in [1.807, 2.05) is 36.4 Å². The maximum atomic E-state index is 12.9. The number of rotatable bonds is 4. The zero-order valence-electron chi connectivity index (χ0n) is 16.6. The molecule has 1 aliphatic heterocycles. The molecule has 2 atom stereocenters. The van der Waals surface area contributed by atoms with Crippen LogP contribution in [-0.4, -0.2) is 42.5 Å². The summed E-state index contributed by atoms with van der Waals surface area (Å²) in [6.45, 7) is 2.06. The van der Waals surface area contributed by atoms with E-state index in [1.54, 1.807) is 4.90 Å². The summed E-state index contributed by atoms with van der Waals surface area (Å²) in [5, 5.41) is 9.41. The first-order valence-corrected chi connectivity index (χ1v) is 10.4. The molecular formula is C23H28N4O2. The number of fused-ring (bicyclic) bond motifs is 1. The lowest BCUT2D eigenvalue weighted by atomic mass is 9.87. The molecule has 3 N–H and O–H groups in total. The summed E-state index contributed by atoms with van der Waals surface area (Å²) in [6.07, 6.45) is 3.10. The van der Waals surface area contributed by atoms with Gasteiger partial charge < -0.3 is 20.9 Å². The Hall–Kier alpha value is -2.86. The summed E-state index contributed by atoms with van der Waals surface area (Å²) >= 11 is 0. The van der Waals surface area contributed by atoms with Crippen LogP contribution in [0, 0.1) is 0 Å². The Bertz CT molecular complexity index is 855. The molecule has 1 saturated heterocycles. The van der Waals surface area contributed by atoms with Gasteiger partial charge in [0.05, 0.1) is 6.04 Å². The van der Waals surface area contributed by atoms with Crippen LogP contribution in [0.4, 0.5) is 4.79 Å². The summed E-state index contributed by atoms with van der Waals surface area (Å²) in [4.78, 5) is 27.2. The zero-order valence-corrected chi connectivity index (χ0v) is 16.6. The van der Waals surface area contributed by atoms with E-state index in [1.165, 1.54) is 11.1 Å². The Morgan fingerprint density at radius 1 is 1.07 bits per heavy atom. The number of hydrogen-bond donors (Lipinski definition) is 3. The number of hydrogen-bond acceptors (Lipinski definition) is 3. The molecule has 0 spiro atoms. The van der Waals surface area contributed by atoms with Crippen LogP contribution in [0.25, 0.3) is 0 Å². The molecule has 2 aliphatic rings. The predicted molar refractivity (Wildman–Crippen MR) is 112 cm³/mol. The highest BCUT2D eigenvalue weighted by Gasteiger charge is 2.30.